The van der Waals surface area contributed by atoms with E-state index in [0.29, 0.717) is 17.3 Å². The van der Waals surface area contributed by atoms with Gasteiger partial charge in [-0.25, -0.2) is 4.39 Å². The molecule has 0 aliphatic rings. The molecule has 0 fully saturated rings. The highest BCUT2D eigenvalue weighted by atomic mass is 19.1. The lowest BCUT2D eigenvalue weighted by atomic mass is 10.0. The third-order valence-electron chi connectivity index (χ3n) is 3.74. The molecular weight excluding hydrogens is 269 g/mol. The second kappa shape index (κ2) is 6.80. The Morgan fingerprint density at radius 3 is 2.81 bits per heavy atom. The fourth-order valence-corrected chi connectivity index (χ4v) is 2.13. The number of halogens is 1. The standard InChI is InChI=1S/C16H22FN3O/c1-5-8-18-12(4)11(3)16-19-15(20-21-16)14-9-13(17)7-6-10(14)2/h6-7,9,11-12,18H,5,8H2,1-4H3. The van der Waals surface area contributed by atoms with Crippen molar-refractivity contribution in [3.63, 3.8) is 0 Å². The van der Waals surface area contributed by atoms with Crippen molar-refractivity contribution in [2.24, 2.45) is 0 Å². The van der Waals surface area contributed by atoms with E-state index in [9.17, 15) is 4.39 Å². The van der Waals surface area contributed by atoms with E-state index in [-0.39, 0.29) is 17.8 Å². The molecule has 0 radical (unpaired) electrons. The number of rotatable bonds is 6. The van der Waals surface area contributed by atoms with E-state index < -0.39 is 0 Å². The minimum atomic E-state index is -0.298. The summed E-state index contributed by atoms with van der Waals surface area (Å²) in [6, 6.07) is 4.83. The highest BCUT2D eigenvalue weighted by molar-refractivity contribution is 5.59. The van der Waals surface area contributed by atoms with E-state index in [2.05, 4.69) is 29.3 Å². The number of aromatic nitrogens is 2. The van der Waals surface area contributed by atoms with Gasteiger partial charge in [0.2, 0.25) is 11.7 Å². The Morgan fingerprint density at radius 2 is 2.10 bits per heavy atom. The monoisotopic (exact) mass is 291 g/mol. The predicted molar refractivity (Wildman–Crippen MR) is 80.6 cm³/mol. The molecule has 2 rings (SSSR count). The quantitative estimate of drug-likeness (QED) is 0.882. The van der Waals surface area contributed by atoms with Crippen LogP contribution in [0.1, 0.15) is 44.6 Å². The zero-order valence-corrected chi connectivity index (χ0v) is 13.0. The molecule has 0 bridgehead atoms. The van der Waals surface area contributed by atoms with Crippen molar-refractivity contribution >= 4 is 0 Å². The molecule has 0 saturated heterocycles. The third kappa shape index (κ3) is 3.67. The Kier molecular flexibility index (Phi) is 5.07. The molecule has 0 aliphatic carbocycles. The van der Waals surface area contributed by atoms with Gasteiger partial charge in [0.25, 0.3) is 0 Å². The zero-order valence-electron chi connectivity index (χ0n) is 13.0. The lowest BCUT2D eigenvalue weighted by Crippen LogP contribution is -2.31. The molecule has 0 saturated carbocycles. The van der Waals surface area contributed by atoms with E-state index in [1.54, 1.807) is 6.07 Å². The van der Waals surface area contributed by atoms with Crippen LogP contribution in [0.4, 0.5) is 4.39 Å². The lowest BCUT2D eigenvalue weighted by Gasteiger charge is -2.17. The summed E-state index contributed by atoms with van der Waals surface area (Å²) in [5, 5.41) is 7.40. The summed E-state index contributed by atoms with van der Waals surface area (Å²) in [6.45, 7) is 9.12. The average Bonchev–Trinajstić information content (AvgIpc) is 2.96. The van der Waals surface area contributed by atoms with Crippen molar-refractivity contribution in [1.29, 1.82) is 0 Å². The predicted octanol–water partition coefficient (Wildman–Crippen LogP) is 3.68. The Bertz CT molecular complexity index is 597. The molecule has 5 heteroatoms. The van der Waals surface area contributed by atoms with E-state index in [0.717, 1.165) is 18.5 Å². The molecule has 1 aromatic heterocycles. The molecule has 21 heavy (non-hydrogen) atoms. The first-order chi connectivity index (χ1) is 10.0. The number of aryl methyl sites for hydroxylation is 1. The molecule has 1 N–H and O–H groups in total. The van der Waals surface area contributed by atoms with E-state index in [1.165, 1.54) is 12.1 Å². The topological polar surface area (TPSA) is 51.0 Å². The average molecular weight is 291 g/mol. The number of nitrogens with zero attached hydrogens (tertiary/aromatic N) is 2. The highest BCUT2D eigenvalue weighted by Gasteiger charge is 2.21. The van der Waals surface area contributed by atoms with Crippen LogP contribution in [0.25, 0.3) is 11.4 Å². The van der Waals surface area contributed by atoms with Gasteiger partial charge in [0.15, 0.2) is 0 Å². The zero-order chi connectivity index (χ0) is 15.4. The van der Waals surface area contributed by atoms with E-state index in [1.807, 2.05) is 13.8 Å². The van der Waals surface area contributed by atoms with Gasteiger partial charge in [0.05, 0.1) is 5.92 Å². The number of benzene rings is 1. The molecule has 2 atom stereocenters. The lowest BCUT2D eigenvalue weighted by molar-refractivity contribution is 0.331. The largest absolute Gasteiger partial charge is 0.339 e. The molecule has 2 unspecified atom stereocenters. The molecular formula is C16H22FN3O. The maximum Gasteiger partial charge on any atom is 0.231 e. The Hall–Kier alpha value is -1.75. The summed E-state index contributed by atoms with van der Waals surface area (Å²) in [5.74, 6) is 0.820. The van der Waals surface area contributed by atoms with Crippen LogP contribution in [0.2, 0.25) is 0 Å². The summed E-state index contributed by atoms with van der Waals surface area (Å²) in [7, 11) is 0. The molecule has 0 aliphatic heterocycles. The molecule has 114 valence electrons. The fourth-order valence-electron chi connectivity index (χ4n) is 2.13. The minimum Gasteiger partial charge on any atom is -0.339 e. The second-order valence-electron chi connectivity index (χ2n) is 5.45. The maximum absolute atomic E-state index is 13.4. The summed E-state index contributed by atoms with van der Waals surface area (Å²) in [6.07, 6.45) is 1.08. The van der Waals surface area contributed by atoms with Crippen molar-refractivity contribution in [1.82, 2.24) is 15.5 Å². The maximum atomic E-state index is 13.4. The molecule has 2 aromatic rings. The SMILES string of the molecule is CCCNC(C)C(C)c1nc(-c2cc(F)ccc2C)no1. The van der Waals surface area contributed by atoms with Crippen LogP contribution in [0, 0.1) is 12.7 Å². The first-order valence-corrected chi connectivity index (χ1v) is 7.36. The van der Waals surface area contributed by atoms with Crippen molar-refractivity contribution in [2.45, 2.75) is 46.1 Å². The third-order valence-corrected chi connectivity index (χ3v) is 3.74. The number of hydrogen-bond acceptors (Lipinski definition) is 4. The normalized spacial score (nSPS) is 14.1. The van der Waals surface area contributed by atoms with Crippen LogP contribution in [-0.4, -0.2) is 22.7 Å². The smallest absolute Gasteiger partial charge is 0.231 e. The van der Waals surface area contributed by atoms with Gasteiger partial charge in [-0.05, 0) is 44.5 Å². The Balaban J connectivity index is 2.19. The van der Waals surface area contributed by atoms with Crippen LogP contribution in [0.3, 0.4) is 0 Å². The number of hydrogen-bond donors (Lipinski definition) is 1. The Morgan fingerprint density at radius 1 is 1.33 bits per heavy atom. The first kappa shape index (κ1) is 15.6. The molecule has 1 heterocycles. The first-order valence-electron chi connectivity index (χ1n) is 7.36. The summed E-state index contributed by atoms with van der Waals surface area (Å²) >= 11 is 0. The van der Waals surface area contributed by atoms with Crippen LogP contribution >= 0.6 is 0 Å². The van der Waals surface area contributed by atoms with Gasteiger partial charge in [-0.3, -0.25) is 0 Å². The fraction of sp³-hybridized carbons (Fsp3) is 0.500. The number of nitrogens with one attached hydrogen (secondary N) is 1. The van der Waals surface area contributed by atoms with Crippen molar-refractivity contribution < 1.29 is 8.91 Å². The van der Waals surface area contributed by atoms with Gasteiger partial charge < -0.3 is 9.84 Å². The van der Waals surface area contributed by atoms with Crippen molar-refractivity contribution in [2.75, 3.05) is 6.54 Å². The molecule has 0 spiro atoms. The van der Waals surface area contributed by atoms with Crippen LogP contribution in [0.5, 0.6) is 0 Å². The summed E-state index contributed by atoms with van der Waals surface area (Å²) in [5.41, 5.74) is 1.60. The van der Waals surface area contributed by atoms with Crippen molar-refractivity contribution in [3.05, 3.63) is 35.5 Å². The van der Waals surface area contributed by atoms with Gasteiger partial charge in [-0.1, -0.05) is 25.1 Å². The van der Waals surface area contributed by atoms with Gasteiger partial charge in [0.1, 0.15) is 5.82 Å². The van der Waals surface area contributed by atoms with Gasteiger partial charge >= 0.3 is 0 Å². The second-order valence-corrected chi connectivity index (χ2v) is 5.45. The molecule has 0 amide bonds. The van der Waals surface area contributed by atoms with Crippen molar-refractivity contribution in [3.8, 4) is 11.4 Å². The van der Waals surface area contributed by atoms with E-state index in [4.69, 9.17) is 4.52 Å². The van der Waals surface area contributed by atoms with Crippen LogP contribution < -0.4 is 5.32 Å². The Labute approximate surface area is 124 Å². The van der Waals surface area contributed by atoms with Gasteiger partial charge in [0, 0.05) is 11.6 Å². The minimum absolute atomic E-state index is 0.103. The van der Waals surface area contributed by atoms with Crippen LogP contribution in [-0.2, 0) is 0 Å². The van der Waals surface area contributed by atoms with Crippen LogP contribution in [0.15, 0.2) is 22.7 Å². The highest BCUT2D eigenvalue weighted by Crippen LogP contribution is 2.24. The van der Waals surface area contributed by atoms with Gasteiger partial charge in [-0.15, -0.1) is 0 Å². The molecule has 1 aromatic carbocycles. The van der Waals surface area contributed by atoms with Gasteiger partial charge in [-0.2, -0.15) is 4.98 Å². The molecule has 4 nitrogen and oxygen atoms in total. The summed E-state index contributed by atoms with van der Waals surface area (Å²) < 4.78 is 18.7. The van der Waals surface area contributed by atoms with E-state index >= 15 is 0 Å². The summed E-state index contributed by atoms with van der Waals surface area (Å²) in [4.78, 5) is 4.43.